The van der Waals surface area contributed by atoms with Gasteiger partial charge in [-0.25, -0.2) is 9.59 Å². The highest BCUT2D eigenvalue weighted by Gasteiger charge is 2.31. The molecule has 0 spiro atoms. The molecule has 0 N–H and O–H groups in total. The molecule has 1 aromatic carbocycles. The second-order valence-electron chi connectivity index (χ2n) is 5.44. The predicted octanol–water partition coefficient (Wildman–Crippen LogP) is 3.06. The fourth-order valence-electron chi connectivity index (χ4n) is 2.40. The molecule has 3 rings (SSSR count). The van der Waals surface area contributed by atoms with Gasteiger partial charge in [-0.05, 0) is 26.0 Å². The van der Waals surface area contributed by atoms with Crippen LogP contribution in [0.25, 0.3) is 0 Å². The largest absolute Gasteiger partial charge is 0.463 e. The van der Waals surface area contributed by atoms with Gasteiger partial charge in [0, 0.05) is 22.6 Å². The molecule has 0 radical (unpaired) electrons. The van der Waals surface area contributed by atoms with Crippen molar-refractivity contribution < 1.29 is 23.6 Å². The average Bonchev–Trinajstić information content (AvgIpc) is 3.12. The lowest BCUT2D eigenvalue weighted by Crippen LogP contribution is -2.23. The number of aryl methyl sites for hydroxylation is 2. The number of esters is 2. The van der Waals surface area contributed by atoms with Gasteiger partial charge < -0.3 is 14.0 Å². The first-order chi connectivity index (χ1) is 11.6. The second-order valence-corrected chi connectivity index (χ2v) is 6.45. The Kier molecular flexibility index (Phi) is 4.89. The number of aromatic nitrogens is 1. The van der Waals surface area contributed by atoms with Crippen molar-refractivity contribution in [2.75, 3.05) is 6.61 Å². The molecule has 0 amide bonds. The van der Waals surface area contributed by atoms with Crippen LogP contribution in [0.1, 0.15) is 33.8 Å². The minimum atomic E-state index is -0.807. The van der Waals surface area contributed by atoms with E-state index >= 15 is 0 Å². The van der Waals surface area contributed by atoms with Gasteiger partial charge in [-0.15, -0.1) is 11.8 Å². The topological polar surface area (TPSA) is 78.6 Å². The van der Waals surface area contributed by atoms with Gasteiger partial charge in [0.15, 0.2) is 0 Å². The lowest BCUT2D eigenvalue weighted by molar-refractivity contribution is -0.145. The van der Waals surface area contributed by atoms with E-state index in [0.29, 0.717) is 24.3 Å². The quantitative estimate of drug-likeness (QED) is 0.607. The first-order valence-corrected chi connectivity index (χ1v) is 8.56. The third-order valence-electron chi connectivity index (χ3n) is 3.80. The van der Waals surface area contributed by atoms with Crippen molar-refractivity contribution in [1.82, 2.24) is 5.16 Å². The summed E-state index contributed by atoms with van der Waals surface area (Å²) in [4.78, 5) is 24.6. The van der Waals surface area contributed by atoms with Gasteiger partial charge in [-0.2, -0.15) is 0 Å². The van der Waals surface area contributed by atoms with E-state index in [1.165, 1.54) is 11.8 Å². The van der Waals surface area contributed by atoms with Gasteiger partial charge >= 0.3 is 11.9 Å². The number of nitrogens with zero attached hydrogens (tertiary/aromatic N) is 1. The highest BCUT2D eigenvalue weighted by atomic mass is 32.2. The van der Waals surface area contributed by atoms with Gasteiger partial charge in [0.1, 0.15) is 5.76 Å². The smallest absolute Gasteiger partial charge is 0.347 e. The highest BCUT2D eigenvalue weighted by molar-refractivity contribution is 7.98. The molecule has 126 valence electrons. The molecular weight excluding hydrogens is 330 g/mol. The monoisotopic (exact) mass is 347 g/mol. The van der Waals surface area contributed by atoms with Gasteiger partial charge in [0.05, 0.1) is 17.9 Å². The Labute approximate surface area is 143 Å². The molecule has 1 atom stereocenters. The van der Waals surface area contributed by atoms with Crippen molar-refractivity contribution in [3.8, 4) is 0 Å². The Morgan fingerprint density at radius 3 is 2.83 bits per heavy atom. The molecule has 1 aromatic heterocycles. The summed E-state index contributed by atoms with van der Waals surface area (Å²) in [6.07, 6.45) is -0.406. The first-order valence-electron chi connectivity index (χ1n) is 7.57. The van der Waals surface area contributed by atoms with Gasteiger partial charge in [0.25, 0.3) is 0 Å². The van der Waals surface area contributed by atoms with Gasteiger partial charge in [-0.1, -0.05) is 17.3 Å². The molecule has 2 aromatic rings. The summed E-state index contributed by atoms with van der Waals surface area (Å²) in [7, 11) is 0. The van der Waals surface area contributed by atoms with E-state index in [4.69, 9.17) is 14.0 Å². The Bertz CT molecular complexity index is 751. The third kappa shape index (κ3) is 3.46. The average molecular weight is 347 g/mol. The summed E-state index contributed by atoms with van der Waals surface area (Å²) in [5.41, 5.74) is 2.30. The van der Waals surface area contributed by atoms with E-state index in [2.05, 4.69) is 5.16 Å². The molecule has 0 unspecified atom stereocenters. The summed E-state index contributed by atoms with van der Waals surface area (Å²) >= 11 is 1.50. The molecule has 2 heterocycles. The van der Waals surface area contributed by atoms with Crippen LogP contribution in [0.5, 0.6) is 0 Å². The maximum atomic E-state index is 12.4. The van der Waals surface area contributed by atoms with Crippen LogP contribution in [-0.2, 0) is 20.0 Å². The second kappa shape index (κ2) is 7.09. The summed E-state index contributed by atoms with van der Waals surface area (Å²) in [5.74, 6) is 0.412. The Hall–Kier alpha value is -2.28. The number of carbonyl (C=O) groups excluding carboxylic acids is 2. The molecule has 0 saturated carbocycles. The third-order valence-corrected chi connectivity index (χ3v) is 4.90. The van der Waals surface area contributed by atoms with E-state index in [9.17, 15) is 9.59 Å². The van der Waals surface area contributed by atoms with Crippen molar-refractivity contribution in [2.45, 2.75) is 37.0 Å². The summed E-state index contributed by atoms with van der Waals surface area (Å²) < 4.78 is 15.2. The fraction of sp³-hybridized carbons (Fsp3) is 0.353. The maximum Gasteiger partial charge on any atom is 0.347 e. The number of rotatable bonds is 5. The van der Waals surface area contributed by atoms with E-state index in [1.807, 2.05) is 26.0 Å². The van der Waals surface area contributed by atoms with Crippen LogP contribution in [0.2, 0.25) is 0 Å². The van der Waals surface area contributed by atoms with Crippen LogP contribution in [0.4, 0.5) is 0 Å². The maximum absolute atomic E-state index is 12.4. The lowest BCUT2D eigenvalue weighted by Gasteiger charge is -2.11. The van der Waals surface area contributed by atoms with Crippen molar-refractivity contribution in [3.63, 3.8) is 0 Å². The highest BCUT2D eigenvalue weighted by Crippen LogP contribution is 2.29. The van der Waals surface area contributed by atoms with Crippen molar-refractivity contribution >= 4 is 23.7 Å². The molecule has 1 aliphatic heterocycles. The number of cyclic esters (lactones) is 1. The minimum absolute atomic E-state index is 0.291. The number of ether oxygens (including phenoxy) is 2. The van der Waals surface area contributed by atoms with E-state index in [-0.39, 0.29) is 0 Å². The normalized spacial score (nSPS) is 16.9. The number of hydrogen-bond donors (Lipinski definition) is 0. The molecule has 0 aliphatic carbocycles. The zero-order valence-corrected chi connectivity index (χ0v) is 14.2. The van der Waals surface area contributed by atoms with Gasteiger partial charge in [-0.3, -0.25) is 0 Å². The van der Waals surface area contributed by atoms with Crippen molar-refractivity contribution in [2.24, 2.45) is 0 Å². The summed E-state index contributed by atoms with van der Waals surface area (Å²) in [6.45, 7) is 4.04. The standard InChI is InChI=1S/C17H17NO5S/c1-10-13(11(2)23-18-10)9-24-15-6-4-3-5-12(15)16(19)22-14-7-8-21-17(14)20/h3-6,14H,7-9H2,1-2H3/t14-/m1/s1. The van der Waals surface area contributed by atoms with E-state index < -0.39 is 18.0 Å². The predicted molar refractivity (Wildman–Crippen MR) is 86.8 cm³/mol. The minimum Gasteiger partial charge on any atom is -0.463 e. The number of carbonyl (C=O) groups is 2. The fourth-order valence-corrected chi connectivity index (χ4v) is 3.59. The molecule has 24 heavy (non-hydrogen) atoms. The molecular formula is C17H17NO5S. The Morgan fingerprint density at radius 2 is 2.17 bits per heavy atom. The molecule has 1 aliphatic rings. The number of hydrogen-bond acceptors (Lipinski definition) is 7. The molecule has 6 nitrogen and oxygen atoms in total. The van der Waals surface area contributed by atoms with Crippen LogP contribution in [-0.4, -0.2) is 29.8 Å². The molecule has 1 fully saturated rings. The zero-order chi connectivity index (χ0) is 17.1. The van der Waals surface area contributed by atoms with E-state index in [1.54, 1.807) is 12.1 Å². The number of benzene rings is 1. The molecule has 1 saturated heterocycles. The van der Waals surface area contributed by atoms with Crippen molar-refractivity contribution in [1.29, 1.82) is 0 Å². The van der Waals surface area contributed by atoms with Crippen LogP contribution in [0.3, 0.4) is 0 Å². The first kappa shape index (κ1) is 16.6. The molecule has 7 heteroatoms. The van der Waals surface area contributed by atoms with Gasteiger partial charge in [0.2, 0.25) is 6.10 Å². The lowest BCUT2D eigenvalue weighted by atomic mass is 10.2. The molecule has 0 bridgehead atoms. The number of thioether (sulfide) groups is 1. The van der Waals surface area contributed by atoms with Crippen LogP contribution >= 0.6 is 11.8 Å². The Balaban J connectivity index is 1.73. The Morgan fingerprint density at radius 1 is 1.38 bits per heavy atom. The van der Waals surface area contributed by atoms with E-state index in [0.717, 1.165) is 21.9 Å². The van der Waals surface area contributed by atoms with Crippen LogP contribution in [0.15, 0.2) is 33.7 Å². The van der Waals surface area contributed by atoms with Crippen molar-refractivity contribution in [3.05, 3.63) is 46.8 Å². The summed E-state index contributed by atoms with van der Waals surface area (Å²) in [6, 6.07) is 7.17. The van der Waals surface area contributed by atoms with Crippen LogP contribution < -0.4 is 0 Å². The summed E-state index contributed by atoms with van der Waals surface area (Å²) in [5, 5.41) is 3.93. The van der Waals surface area contributed by atoms with Crippen LogP contribution in [0, 0.1) is 13.8 Å². The zero-order valence-electron chi connectivity index (χ0n) is 13.4. The SMILES string of the molecule is Cc1noc(C)c1CSc1ccccc1C(=O)O[C@@H]1CCOC1=O.